The highest BCUT2D eigenvalue weighted by Crippen LogP contribution is 2.27. The molecule has 2 rings (SSSR count). The molecular formula is C18H24N4O3S. The van der Waals surface area contributed by atoms with Crippen molar-refractivity contribution in [3.63, 3.8) is 0 Å². The summed E-state index contributed by atoms with van der Waals surface area (Å²) in [5, 5.41) is 14.8. The molecule has 1 aromatic carbocycles. The minimum Gasteiger partial charge on any atom is -0.497 e. The van der Waals surface area contributed by atoms with Crippen molar-refractivity contribution in [2.24, 2.45) is 5.92 Å². The lowest BCUT2D eigenvalue weighted by molar-refractivity contribution is -0.127. The van der Waals surface area contributed by atoms with Crippen LogP contribution >= 0.6 is 11.3 Å². The summed E-state index contributed by atoms with van der Waals surface area (Å²) >= 11 is 1.28. The molecule has 0 saturated carbocycles. The first-order valence-corrected chi connectivity index (χ1v) is 9.34. The molecule has 0 radical (unpaired) electrons. The van der Waals surface area contributed by atoms with Gasteiger partial charge in [-0.2, -0.15) is 0 Å². The van der Waals surface area contributed by atoms with E-state index in [0.717, 1.165) is 17.7 Å². The predicted octanol–water partition coefficient (Wildman–Crippen LogP) is 3.09. The fourth-order valence-electron chi connectivity index (χ4n) is 2.31. The Kier molecular flexibility index (Phi) is 7.08. The van der Waals surface area contributed by atoms with Crippen LogP contribution in [0.3, 0.4) is 0 Å². The van der Waals surface area contributed by atoms with Gasteiger partial charge in [0.25, 0.3) is 0 Å². The molecule has 2 aromatic rings. The number of nitrogens with one attached hydrogen (secondary N) is 2. The number of nitrogens with zero attached hydrogens (tertiary/aromatic N) is 2. The minimum atomic E-state index is -0.609. The maximum atomic E-state index is 12.5. The van der Waals surface area contributed by atoms with E-state index < -0.39 is 6.04 Å². The van der Waals surface area contributed by atoms with Crippen LogP contribution in [0, 0.1) is 5.92 Å². The third kappa shape index (κ3) is 5.26. The second-order valence-corrected chi connectivity index (χ2v) is 7.15. The van der Waals surface area contributed by atoms with Gasteiger partial charge in [0, 0.05) is 12.0 Å². The van der Waals surface area contributed by atoms with Crippen molar-refractivity contribution in [3.8, 4) is 16.3 Å². The summed E-state index contributed by atoms with van der Waals surface area (Å²) in [7, 11) is 1.61. The largest absolute Gasteiger partial charge is 0.497 e. The lowest BCUT2D eigenvalue weighted by atomic mass is 10.0. The highest BCUT2D eigenvalue weighted by atomic mass is 32.1. The van der Waals surface area contributed by atoms with Crippen LogP contribution in [-0.4, -0.2) is 35.2 Å². The second kappa shape index (κ2) is 9.28. The smallest absolute Gasteiger partial charge is 0.249 e. The molecular weight excluding hydrogens is 352 g/mol. The van der Waals surface area contributed by atoms with Gasteiger partial charge in [0.05, 0.1) is 7.11 Å². The first kappa shape index (κ1) is 19.8. The molecule has 1 aromatic heterocycles. The summed E-state index contributed by atoms with van der Waals surface area (Å²) in [5.74, 6) is 0.304. The van der Waals surface area contributed by atoms with Crippen LogP contribution < -0.4 is 15.4 Å². The number of aromatic nitrogens is 2. The SMILES string of the molecule is CCCC(=O)NC(C(=O)Nc1nnc(-c2ccc(OC)cc2)s1)C(C)C. The zero-order valence-corrected chi connectivity index (χ0v) is 16.2. The van der Waals surface area contributed by atoms with Crippen molar-refractivity contribution in [1.29, 1.82) is 0 Å². The number of amides is 2. The van der Waals surface area contributed by atoms with Crippen LogP contribution in [0.5, 0.6) is 5.75 Å². The van der Waals surface area contributed by atoms with Crippen molar-refractivity contribution in [1.82, 2.24) is 15.5 Å². The van der Waals surface area contributed by atoms with Gasteiger partial charge < -0.3 is 10.1 Å². The van der Waals surface area contributed by atoms with E-state index in [9.17, 15) is 9.59 Å². The van der Waals surface area contributed by atoms with E-state index in [1.54, 1.807) is 7.11 Å². The van der Waals surface area contributed by atoms with Gasteiger partial charge in [-0.05, 0) is 36.6 Å². The summed E-state index contributed by atoms with van der Waals surface area (Å²) in [6.45, 7) is 5.70. The number of hydrogen-bond acceptors (Lipinski definition) is 6. The third-order valence-corrected chi connectivity index (χ3v) is 4.62. The van der Waals surface area contributed by atoms with Crippen LogP contribution in [0.1, 0.15) is 33.6 Å². The van der Waals surface area contributed by atoms with Crippen molar-refractivity contribution >= 4 is 28.3 Å². The van der Waals surface area contributed by atoms with Crippen molar-refractivity contribution in [2.45, 2.75) is 39.7 Å². The molecule has 0 bridgehead atoms. The summed E-state index contributed by atoms with van der Waals surface area (Å²) < 4.78 is 5.14. The number of carbonyl (C=O) groups is 2. The van der Waals surface area contributed by atoms with Gasteiger partial charge in [-0.3, -0.25) is 14.9 Å². The minimum absolute atomic E-state index is 0.0372. The number of ether oxygens (including phenoxy) is 1. The molecule has 8 heteroatoms. The summed E-state index contributed by atoms with van der Waals surface area (Å²) in [4.78, 5) is 24.3. The molecule has 2 amide bonds. The monoisotopic (exact) mass is 376 g/mol. The van der Waals surface area contributed by atoms with Crippen molar-refractivity contribution in [2.75, 3.05) is 12.4 Å². The highest BCUT2D eigenvalue weighted by Gasteiger charge is 2.25. The summed E-state index contributed by atoms with van der Waals surface area (Å²) in [6, 6.07) is 6.84. The highest BCUT2D eigenvalue weighted by molar-refractivity contribution is 7.18. The zero-order chi connectivity index (χ0) is 19.1. The molecule has 0 fully saturated rings. The van der Waals surface area contributed by atoms with Gasteiger partial charge in [-0.25, -0.2) is 0 Å². The average Bonchev–Trinajstić information content (AvgIpc) is 3.08. The molecule has 0 saturated heterocycles. The standard InChI is InChI=1S/C18H24N4O3S/c1-5-6-14(23)19-15(11(2)3)16(24)20-18-22-21-17(26-18)12-7-9-13(25-4)10-8-12/h7-11,15H,5-6H2,1-4H3,(H,19,23)(H,20,22,24). The summed E-state index contributed by atoms with van der Waals surface area (Å²) in [5.41, 5.74) is 0.889. The van der Waals surface area contributed by atoms with Gasteiger partial charge >= 0.3 is 0 Å². The van der Waals surface area contributed by atoms with Gasteiger partial charge in [-0.1, -0.05) is 32.1 Å². The van der Waals surface area contributed by atoms with Crippen LogP contribution in [0.15, 0.2) is 24.3 Å². The predicted molar refractivity (Wildman–Crippen MR) is 102 cm³/mol. The van der Waals surface area contributed by atoms with Crippen LogP contribution in [-0.2, 0) is 9.59 Å². The van der Waals surface area contributed by atoms with Gasteiger partial charge in [0.2, 0.25) is 16.9 Å². The second-order valence-electron chi connectivity index (χ2n) is 6.17. The van der Waals surface area contributed by atoms with E-state index in [4.69, 9.17) is 4.74 Å². The van der Waals surface area contributed by atoms with Crippen LogP contribution in [0.4, 0.5) is 5.13 Å². The molecule has 1 atom stereocenters. The molecule has 26 heavy (non-hydrogen) atoms. The molecule has 1 heterocycles. The van der Waals surface area contributed by atoms with Crippen LogP contribution in [0.2, 0.25) is 0 Å². The first-order valence-electron chi connectivity index (χ1n) is 8.52. The van der Waals surface area contributed by atoms with E-state index in [0.29, 0.717) is 16.6 Å². The number of hydrogen-bond donors (Lipinski definition) is 2. The molecule has 7 nitrogen and oxygen atoms in total. The number of rotatable bonds is 8. The average molecular weight is 376 g/mol. The molecule has 2 N–H and O–H groups in total. The molecule has 140 valence electrons. The maximum absolute atomic E-state index is 12.5. The molecule has 0 aliphatic rings. The van der Waals surface area contributed by atoms with Crippen molar-refractivity contribution < 1.29 is 14.3 Å². The Morgan fingerprint density at radius 2 is 1.88 bits per heavy atom. The van der Waals surface area contributed by atoms with E-state index in [-0.39, 0.29) is 17.7 Å². The Hall–Kier alpha value is -2.48. The zero-order valence-electron chi connectivity index (χ0n) is 15.4. The molecule has 0 aliphatic carbocycles. The molecule has 1 unspecified atom stereocenters. The van der Waals surface area contributed by atoms with Gasteiger partial charge in [-0.15, -0.1) is 10.2 Å². The Morgan fingerprint density at radius 3 is 2.46 bits per heavy atom. The normalized spacial score (nSPS) is 11.9. The quantitative estimate of drug-likeness (QED) is 0.738. The van der Waals surface area contributed by atoms with Crippen molar-refractivity contribution in [3.05, 3.63) is 24.3 Å². The number of carbonyl (C=O) groups excluding carboxylic acids is 2. The van der Waals surface area contributed by atoms with E-state index in [2.05, 4.69) is 20.8 Å². The maximum Gasteiger partial charge on any atom is 0.249 e. The fourth-order valence-corrected chi connectivity index (χ4v) is 3.07. The Labute approximate surface area is 157 Å². The van der Waals surface area contributed by atoms with E-state index in [1.165, 1.54) is 11.3 Å². The third-order valence-electron chi connectivity index (χ3n) is 3.73. The Bertz CT molecular complexity index is 743. The van der Waals surface area contributed by atoms with E-state index >= 15 is 0 Å². The Morgan fingerprint density at radius 1 is 1.19 bits per heavy atom. The topological polar surface area (TPSA) is 93.2 Å². The van der Waals surface area contributed by atoms with Gasteiger partial charge in [0.15, 0.2) is 0 Å². The number of methoxy groups -OCH3 is 1. The van der Waals surface area contributed by atoms with Crippen LogP contribution in [0.25, 0.3) is 10.6 Å². The lowest BCUT2D eigenvalue weighted by Crippen LogP contribution is -2.47. The number of benzene rings is 1. The lowest BCUT2D eigenvalue weighted by Gasteiger charge is -2.20. The number of anilines is 1. The first-order chi connectivity index (χ1) is 12.4. The molecule has 0 spiro atoms. The van der Waals surface area contributed by atoms with Gasteiger partial charge in [0.1, 0.15) is 16.8 Å². The Balaban J connectivity index is 2.05. The summed E-state index contributed by atoms with van der Waals surface area (Å²) in [6.07, 6.45) is 1.14. The van der Waals surface area contributed by atoms with E-state index in [1.807, 2.05) is 45.0 Å². The fraction of sp³-hybridized carbons (Fsp3) is 0.444. The molecule has 0 aliphatic heterocycles.